The molecule has 0 radical (unpaired) electrons. The Bertz CT molecular complexity index is 512. The maximum Gasteiger partial charge on any atom is 0.241 e. The van der Waals surface area contributed by atoms with E-state index in [2.05, 4.69) is 0 Å². The molecule has 2 amide bonds. The third-order valence-electron chi connectivity index (χ3n) is 2.89. The lowest BCUT2D eigenvalue weighted by Crippen LogP contribution is -2.38. The van der Waals surface area contributed by atoms with Gasteiger partial charge in [-0.05, 0) is 5.56 Å². The maximum absolute atomic E-state index is 12.0. The first-order chi connectivity index (χ1) is 9.31. The van der Waals surface area contributed by atoms with Crippen molar-refractivity contribution in [3.63, 3.8) is 0 Å². The number of likely N-dealkylation sites (N-methyl/N-ethyl adjacent to an activating group) is 2. The average molecular weight is 293 g/mol. The molecule has 0 fully saturated rings. The van der Waals surface area contributed by atoms with Crippen LogP contribution in [0.1, 0.15) is 11.1 Å². The van der Waals surface area contributed by atoms with E-state index < -0.39 is 0 Å². The molecule has 0 aromatic heterocycles. The van der Waals surface area contributed by atoms with Crippen molar-refractivity contribution in [1.82, 2.24) is 9.80 Å². The van der Waals surface area contributed by atoms with Crippen molar-refractivity contribution in [1.29, 1.82) is 0 Å². The van der Waals surface area contributed by atoms with E-state index in [1.54, 1.807) is 33.3 Å². The molecule has 1 aromatic carbocycles. The highest BCUT2D eigenvalue weighted by Gasteiger charge is 2.14. The fraction of sp³-hybridized carbons (Fsp3) is 0.357. The van der Waals surface area contributed by atoms with Crippen LogP contribution in [0, 0.1) is 0 Å². The van der Waals surface area contributed by atoms with Crippen molar-refractivity contribution < 1.29 is 9.59 Å². The predicted molar refractivity (Wildman–Crippen MR) is 82.4 cm³/mol. The summed E-state index contributed by atoms with van der Waals surface area (Å²) in [5, 5.41) is 0. The van der Waals surface area contributed by atoms with E-state index in [1.807, 2.05) is 12.1 Å². The lowest BCUT2D eigenvalue weighted by atomic mass is 10.1. The van der Waals surface area contributed by atoms with E-state index in [-0.39, 0.29) is 24.8 Å². The zero-order valence-corrected chi connectivity index (χ0v) is 12.7. The summed E-state index contributed by atoms with van der Waals surface area (Å²) in [4.78, 5) is 26.7. The summed E-state index contributed by atoms with van der Waals surface area (Å²) in [7, 11) is 4.94. The van der Waals surface area contributed by atoms with Gasteiger partial charge in [0.25, 0.3) is 0 Å². The Labute approximate surface area is 124 Å². The predicted octanol–water partition coefficient (Wildman–Crippen LogP) is 0.410. The van der Waals surface area contributed by atoms with Gasteiger partial charge in [-0.1, -0.05) is 36.5 Å². The molecule has 0 aliphatic rings. The first-order valence-electron chi connectivity index (χ1n) is 6.14. The number of carbonyl (C=O) groups excluding carboxylic acids is 2. The van der Waals surface area contributed by atoms with E-state index in [9.17, 15) is 9.59 Å². The molecule has 0 heterocycles. The summed E-state index contributed by atoms with van der Waals surface area (Å²) >= 11 is 4.87. The van der Waals surface area contributed by atoms with Crippen molar-refractivity contribution in [3.05, 3.63) is 35.4 Å². The van der Waals surface area contributed by atoms with Crippen molar-refractivity contribution >= 4 is 29.0 Å². The maximum atomic E-state index is 12.0. The highest BCUT2D eigenvalue weighted by molar-refractivity contribution is 7.80. The van der Waals surface area contributed by atoms with Crippen LogP contribution in [0.15, 0.2) is 24.3 Å². The average Bonchev–Trinajstić information content (AvgIpc) is 2.38. The van der Waals surface area contributed by atoms with Crippen molar-refractivity contribution in [3.8, 4) is 0 Å². The van der Waals surface area contributed by atoms with Gasteiger partial charge >= 0.3 is 0 Å². The third-order valence-corrected chi connectivity index (χ3v) is 3.13. The lowest BCUT2D eigenvalue weighted by molar-refractivity contribution is -0.137. The molecular weight excluding hydrogens is 274 g/mol. The number of nitrogens with zero attached hydrogens (tertiary/aromatic N) is 2. The summed E-state index contributed by atoms with van der Waals surface area (Å²) in [6.45, 7) is 0.0802. The van der Waals surface area contributed by atoms with Gasteiger partial charge in [0.1, 0.15) is 4.99 Å². The summed E-state index contributed by atoms with van der Waals surface area (Å²) in [6.07, 6.45) is 0.245. The molecule has 2 N–H and O–H groups in total. The molecule has 20 heavy (non-hydrogen) atoms. The number of nitrogens with two attached hydrogens (primary N) is 1. The standard InChI is InChI=1S/C14H19N3O2S/c1-16(2)13(19)9-17(3)12(18)8-10-4-6-11(7-5-10)14(15)20/h4-7H,8-9H2,1-3H3,(H2,15,20). The number of rotatable bonds is 5. The van der Waals surface area contributed by atoms with Crippen LogP contribution < -0.4 is 5.73 Å². The fourth-order valence-electron chi connectivity index (χ4n) is 1.53. The minimum absolute atomic E-state index is 0.0802. The molecule has 0 aliphatic carbocycles. The van der Waals surface area contributed by atoms with Gasteiger partial charge in [0.2, 0.25) is 11.8 Å². The molecule has 5 nitrogen and oxygen atoms in total. The Morgan fingerprint density at radius 3 is 2.10 bits per heavy atom. The quantitative estimate of drug-likeness (QED) is 0.799. The molecule has 1 aromatic rings. The zero-order chi connectivity index (χ0) is 15.3. The van der Waals surface area contributed by atoms with E-state index in [0.717, 1.165) is 11.1 Å². The van der Waals surface area contributed by atoms with Crippen LogP contribution in [0.4, 0.5) is 0 Å². The molecule has 0 unspecified atom stereocenters. The Hall–Kier alpha value is -1.95. The highest BCUT2D eigenvalue weighted by Crippen LogP contribution is 2.06. The molecule has 0 aliphatic heterocycles. The van der Waals surface area contributed by atoms with Gasteiger partial charge in [0.05, 0.1) is 13.0 Å². The smallest absolute Gasteiger partial charge is 0.241 e. The molecule has 0 saturated carbocycles. The first kappa shape index (κ1) is 16.1. The number of hydrogen-bond acceptors (Lipinski definition) is 3. The molecule has 0 atom stereocenters. The second kappa shape index (κ2) is 7.00. The highest BCUT2D eigenvalue weighted by atomic mass is 32.1. The fourth-order valence-corrected chi connectivity index (χ4v) is 1.67. The molecule has 0 saturated heterocycles. The molecule has 0 bridgehead atoms. The molecular formula is C14H19N3O2S. The summed E-state index contributed by atoms with van der Waals surface area (Å²) in [6, 6.07) is 7.20. The van der Waals surface area contributed by atoms with Gasteiger partial charge in [-0.25, -0.2) is 0 Å². The van der Waals surface area contributed by atoms with Crippen LogP contribution in [0.25, 0.3) is 0 Å². The summed E-state index contributed by atoms with van der Waals surface area (Å²) in [5.74, 6) is -0.215. The largest absolute Gasteiger partial charge is 0.389 e. The van der Waals surface area contributed by atoms with Crippen molar-refractivity contribution in [2.45, 2.75) is 6.42 Å². The number of carbonyl (C=O) groups is 2. The van der Waals surface area contributed by atoms with E-state index in [4.69, 9.17) is 18.0 Å². The minimum atomic E-state index is -0.108. The third kappa shape index (κ3) is 4.62. The van der Waals surface area contributed by atoms with E-state index >= 15 is 0 Å². The molecule has 1 rings (SSSR count). The molecule has 6 heteroatoms. The van der Waals surface area contributed by atoms with Gasteiger partial charge in [0, 0.05) is 26.7 Å². The van der Waals surface area contributed by atoms with Crippen molar-refractivity contribution in [2.24, 2.45) is 5.73 Å². The monoisotopic (exact) mass is 293 g/mol. The SMILES string of the molecule is CN(C)C(=O)CN(C)C(=O)Cc1ccc(C(N)=S)cc1. The van der Waals surface area contributed by atoms with Crippen LogP contribution >= 0.6 is 12.2 Å². The number of hydrogen-bond donors (Lipinski definition) is 1. The number of benzene rings is 1. The number of amides is 2. The topological polar surface area (TPSA) is 66.6 Å². The van der Waals surface area contributed by atoms with Crippen LogP contribution in [0.3, 0.4) is 0 Å². The van der Waals surface area contributed by atoms with Gasteiger partial charge in [-0.2, -0.15) is 0 Å². The Morgan fingerprint density at radius 2 is 1.65 bits per heavy atom. The van der Waals surface area contributed by atoms with Crippen LogP contribution in [-0.4, -0.2) is 54.3 Å². The Morgan fingerprint density at radius 1 is 1.10 bits per heavy atom. The van der Waals surface area contributed by atoms with E-state index in [0.29, 0.717) is 4.99 Å². The van der Waals surface area contributed by atoms with Gasteiger partial charge < -0.3 is 15.5 Å². The summed E-state index contributed by atoms with van der Waals surface area (Å²) < 4.78 is 0. The zero-order valence-electron chi connectivity index (χ0n) is 11.9. The minimum Gasteiger partial charge on any atom is -0.389 e. The van der Waals surface area contributed by atoms with Crippen LogP contribution in [0.2, 0.25) is 0 Å². The first-order valence-corrected chi connectivity index (χ1v) is 6.55. The van der Waals surface area contributed by atoms with Gasteiger partial charge in [0.15, 0.2) is 0 Å². The molecule has 108 valence electrons. The van der Waals surface area contributed by atoms with Gasteiger partial charge in [-0.3, -0.25) is 9.59 Å². The van der Waals surface area contributed by atoms with E-state index in [1.165, 1.54) is 9.80 Å². The Balaban J connectivity index is 2.61. The normalized spacial score (nSPS) is 9.95. The number of thiocarbonyl (C=S) groups is 1. The van der Waals surface area contributed by atoms with Crippen LogP contribution in [0.5, 0.6) is 0 Å². The van der Waals surface area contributed by atoms with Gasteiger partial charge in [-0.15, -0.1) is 0 Å². The molecule has 0 spiro atoms. The Kier molecular flexibility index (Phi) is 5.64. The van der Waals surface area contributed by atoms with Crippen molar-refractivity contribution in [2.75, 3.05) is 27.7 Å². The second-order valence-electron chi connectivity index (χ2n) is 4.78. The van der Waals surface area contributed by atoms with Crippen LogP contribution in [-0.2, 0) is 16.0 Å². The second-order valence-corrected chi connectivity index (χ2v) is 5.22. The lowest BCUT2D eigenvalue weighted by Gasteiger charge is -2.19. The summed E-state index contributed by atoms with van der Waals surface area (Å²) in [5.41, 5.74) is 7.14.